The van der Waals surface area contributed by atoms with E-state index in [-0.39, 0.29) is 0 Å². The van der Waals surface area contributed by atoms with E-state index in [1.54, 1.807) is 0 Å². The molecule has 0 aliphatic heterocycles. The van der Waals surface area contributed by atoms with Crippen molar-refractivity contribution in [2.75, 3.05) is 0 Å². The predicted molar refractivity (Wildman–Crippen MR) is 44.0 cm³/mol. The number of carbonyl (C=O) groups is 1. The third-order valence-electron chi connectivity index (χ3n) is 1.34. The molecule has 0 radical (unpaired) electrons. The van der Waals surface area contributed by atoms with E-state index in [1.807, 2.05) is 4.91 Å². The zero-order chi connectivity index (χ0) is 12.3. The van der Waals surface area contributed by atoms with Crippen LogP contribution in [0.15, 0.2) is 5.11 Å². The monoisotopic (exact) mass is 293 g/mol. The Morgan fingerprint density at radius 2 is 2.00 bits per heavy atom. The minimum Gasteiger partial charge on any atom is -0.481 e. The van der Waals surface area contributed by atoms with Crippen molar-refractivity contribution < 1.29 is 27.5 Å². The molecule has 0 rings (SSSR count). The number of halogens is 5. The molecule has 0 bridgehead atoms. The molecular weight excluding hydrogens is 290 g/mol. The zero-order valence-corrected chi connectivity index (χ0v) is 8.46. The molecule has 86 valence electrons. The van der Waals surface area contributed by atoms with Gasteiger partial charge in [-0.2, -0.15) is 17.6 Å². The van der Waals surface area contributed by atoms with Gasteiger partial charge in [0.1, 0.15) is 6.04 Å². The van der Waals surface area contributed by atoms with Gasteiger partial charge >= 0.3 is 16.7 Å². The summed E-state index contributed by atoms with van der Waals surface area (Å²) in [5, 5.41) is 10.7. The van der Waals surface area contributed by atoms with Gasteiger partial charge in [0.2, 0.25) is 0 Å². The van der Waals surface area contributed by atoms with Crippen LogP contribution in [0.2, 0.25) is 0 Å². The number of hydrogen-bond acceptors (Lipinski definition) is 2. The van der Waals surface area contributed by atoms with Gasteiger partial charge < -0.3 is 5.11 Å². The minimum absolute atomic E-state index is 1.42. The van der Waals surface area contributed by atoms with E-state index in [4.69, 9.17) is 10.6 Å². The van der Waals surface area contributed by atoms with Crippen LogP contribution in [-0.2, 0) is 4.79 Å². The first-order chi connectivity index (χ1) is 6.62. The summed E-state index contributed by atoms with van der Waals surface area (Å²) in [5.41, 5.74) is 7.84. The van der Waals surface area contributed by atoms with Crippen LogP contribution in [0.1, 0.15) is 6.42 Å². The van der Waals surface area contributed by atoms with Crippen molar-refractivity contribution in [3.8, 4) is 0 Å². The van der Waals surface area contributed by atoms with E-state index in [0.717, 1.165) is 0 Å². The number of azide groups is 1. The molecular formula is C5H4BrF4N3O2. The van der Waals surface area contributed by atoms with Crippen LogP contribution in [0.25, 0.3) is 10.4 Å². The van der Waals surface area contributed by atoms with Crippen LogP contribution in [0, 0.1) is 0 Å². The summed E-state index contributed by atoms with van der Waals surface area (Å²) < 4.78 is 49.6. The molecule has 0 saturated heterocycles. The summed E-state index contributed by atoms with van der Waals surface area (Å²) in [4.78, 5) is 7.65. The summed E-state index contributed by atoms with van der Waals surface area (Å²) in [6.07, 6.45) is -1.79. The lowest BCUT2D eigenvalue weighted by atomic mass is 10.1. The molecule has 0 aliphatic rings. The molecule has 0 fully saturated rings. The average molecular weight is 294 g/mol. The van der Waals surface area contributed by atoms with Crippen molar-refractivity contribution >= 4 is 21.9 Å². The Hall–Kier alpha value is -1.02. The van der Waals surface area contributed by atoms with E-state index in [0.29, 0.717) is 0 Å². The second kappa shape index (κ2) is 4.67. The highest BCUT2D eigenvalue weighted by Gasteiger charge is 2.55. The van der Waals surface area contributed by atoms with Gasteiger partial charge in [0.25, 0.3) is 0 Å². The lowest BCUT2D eigenvalue weighted by Gasteiger charge is -2.22. The molecule has 15 heavy (non-hydrogen) atoms. The van der Waals surface area contributed by atoms with E-state index in [1.165, 1.54) is 15.9 Å². The molecule has 0 aromatic carbocycles. The van der Waals surface area contributed by atoms with Crippen molar-refractivity contribution in [2.45, 2.75) is 23.2 Å². The highest BCUT2D eigenvalue weighted by molar-refractivity contribution is 9.10. The molecule has 0 aromatic rings. The van der Waals surface area contributed by atoms with Crippen LogP contribution >= 0.6 is 15.9 Å². The molecule has 0 spiro atoms. The first-order valence-corrected chi connectivity index (χ1v) is 4.12. The maximum atomic E-state index is 12.6. The van der Waals surface area contributed by atoms with Crippen molar-refractivity contribution in [1.82, 2.24) is 0 Å². The fourth-order valence-electron chi connectivity index (χ4n) is 0.598. The molecule has 0 heterocycles. The van der Waals surface area contributed by atoms with Gasteiger partial charge in [-0.25, -0.2) is 0 Å². The third-order valence-corrected chi connectivity index (χ3v) is 1.92. The summed E-state index contributed by atoms with van der Waals surface area (Å²) in [6.45, 7) is 0. The first kappa shape index (κ1) is 14.0. The molecule has 1 atom stereocenters. The lowest BCUT2D eigenvalue weighted by Crippen LogP contribution is -2.39. The quantitative estimate of drug-likeness (QED) is 0.278. The molecule has 1 N–H and O–H groups in total. The Labute approximate surface area is 88.8 Å². The Kier molecular flexibility index (Phi) is 4.35. The van der Waals surface area contributed by atoms with Gasteiger partial charge in [-0.3, -0.25) is 4.79 Å². The summed E-state index contributed by atoms with van der Waals surface area (Å²) in [7, 11) is 0. The standard InChI is InChI=1S/C5H4BrF4N3O2/c6-5(9,10)4(7,8)1-2(3(14)15)12-13-11/h2H,1H2,(H,14,15). The summed E-state index contributed by atoms with van der Waals surface area (Å²) >= 11 is 1.42. The van der Waals surface area contributed by atoms with Crippen molar-refractivity contribution in [2.24, 2.45) is 5.11 Å². The predicted octanol–water partition coefficient (Wildman–Crippen LogP) is 2.76. The number of carboxylic acids is 1. The first-order valence-electron chi connectivity index (χ1n) is 3.33. The highest BCUT2D eigenvalue weighted by Crippen LogP contribution is 2.42. The van der Waals surface area contributed by atoms with Crippen LogP contribution in [0.5, 0.6) is 0 Å². The van der Waals surface area contributed by atoms with Gasteiger partial charge in [0.15, 0.2) is 0 Å². The van der Waals surface area contributed by atoms with E-state index < -0.39 is 29.2 Å². The van der Waals surface area contributed by atoms with Gasteiger partial charge in [0, 0.05) is 11.3 Å². The topological polar surface area (TPSA) is 86.1 Å². The second-order valence-corrected chi connectivity index (χ2v) is 3.46. The number of nitrogens with zero attached hydrogens (tertiary/aromatic N) is 3. The van der Waals surface area contributed by atoms with Gasteiger partial charge in [-0.05, 0) is 21.5 Å². The number of rotatable bonds is 5. The van der Waals surface area contributed by atoms with Crippen LogP contribution in [0.3, 0.4) is 0 Å². The lowest BCUT2D eigenvalue weighted by molar-refractivity contribution is -0.162. The van der Waals surface area contributed by atoms with Gasteiger partial charge in [-0.15, -0.1) is 0 Å². The molecule has 1 unspecified atom stereocenters. The van der Waals surface area contributed by atoms with Gasteiger partial charge in [-0.1, -0.05) is 5.11 Å². The Balaban J connectivity index is 4.82. The highest BCUT2D eigenvalue weighted by atomic mass is 79.9. The smallest absolute Gasteiger partial charge is 0.363 e. The molecule has 0 aliphatic carbocycles. The molecule has 10 heteroatoms. The molecule has 5 nitrogen and oxygen atoms in total. The summed E-state index contributed by atoms with van der Waals surface area (Å²) in [5.74, 6) is -6.52. The fourth-order valence-corrected chi connectivity index (χ4v) is 0.760. The van der Waals surface area contributed by atoms with Gasteiger partial charge in [0.05, 0.1) is 0 Å². The van der Waals surface area contributed by atoms with Crippen molar-refractivity contribution in [1.29, 1.82) is 0 Å². The van der Waals surface area contributed by atoms with E-state index >= 15 is 0 Å². The normalized spacial score (nSPS) is 14.2. The van der Waals surface area contributed by atoms with Crippen LogP contribution < -0.4 is 0 Å². The second-order valence-electron chi connectivity index (χ2n) is 2.47. The number of carboxylic acid groups (broad SMARTS) is 1. The van der Waals surface area contributed by atoms with Crippen molar-refractivity contribution in [3.63, 3.8) is 0 Å². The fraction of sp³-hybridized carbons (Fsp3) is 0.800. The van der Waals surface area contributed by atoms with Crippen LogP contribution in [-0.4, -0.2) is 27.9 Å². The summed E-state index contributed by atoms with van der Waals surface area (Å²) in [6, 6.07) is -2.24. The van der Waals surface area contributed by atoms with E-state index in [9.17, 15) is 22.4 Å². The zero-order valence-electron chi connectivity index (χ0n) is 6.87. The molecule has 0 aromatic heterocycles. The largest absolute Gasteiger partial charge is 0.481 e. The third kappa shape index (κ3) is 3.92. The van der Waals surface area contributed by atoms with Crippen molar-refractivity contribution in [3.05, 3.63) is 10.4 Å². The molecule has 0 saturated carbocycles. The SMILES string of the molecule is [N-]=[N+]=NC(CC(F)(F)C(F)(F)Br)C(=O)O. The maximum Gasteiger partial charge on any atom is 0.363 e. The maximum absolute atomic E-state index is 12.6. The Morgan fingerprint density at radius 3 is 2.27 bits per heavy atom. The van der Waals surface area contributed by atoms with Crippen LogP contribution in [0.4, 0.5) is 17.6 Å². The Morgan fingerprint density at radius 1 is 1.53 bits per heavy atom. The minimum atomic E-state index is -4.62. The molecule has 0 amide bonds. The Bertz CT molecular complexity index is 297. The number of aliphatic carboxylic acids is 1. The average Bonchev–Trinajstić information content (AvgIpc) is 2.00. The van der Waals surface area contributed by atoms with E-state index in [2.05, 4.69) is 5.11 Å². The number of alkyl halides is 5. The number of hydrogen-bond donors (Lipinski definition) is 1.